The molecule has 22 heavy (non-hydrogen) atoms. The molecule has 0 saturated heterocycles. The number of pyridine rings is 1. The summed E-state index contributed by atoms with van der Waals surface area (Å²) in [6.07, 6.45) is 2.83. The highest BCUT2D eigenvalue weighted by Gasteiger charge is 2.14. The summed E-state index contributed by atoms with van der Waals surface area (Å²) in [5.41, 5.74) is 4.03. The van der Waals surface area contributed by atoms with E-state index in [4.69, 9.17) is 0 Å². The molecule has 0 radical (unpaired) electrons. The van der Waals surface area contributed by atoms with Gasteiger partial charge in [-0.3, -0.25) is 4.98 Å². The largest absolute Gasteiger partial charge is 0.353 e. The van der Waals surface area contributed by atoms with Gasteiger partial charge in [0.1, 0.15) is 5.82 Å². The molecule has 0 aliphatic heterocycles. The summed E-state index contributed by atoms with van der Waals surface area (Å²) in [5, 5.41) is 1.92. The van der Waals surface area contributed by atoms with Gasteiger partial charge in [0.25, 0.3) is 0 Å². The van der Waals surface area contributed by atoms with Crippen molar-refractivity contribution in [3.8, 4) is 11.3 Å². The van der Waals surface area contributed by atoms with E-state index < -0.39 is 0 Å². The van der Waals surface area contributed by atoms with Crippen molar-refractivity contribution >= 4 is 33.1 Å². The summed E-state index contributed by atoms with van der Waals surface area (Å²) < 4.78 is 13.6. The molecule has 0 aliphatic rings. The van der Waals surface area contributed by atoms with Crippen molar-refractivity contribution in [3.63, 3.8) is 0 Å². The lowest BCUT2D eigenvalue weighted by atomic mass is 10.1. The van der Waals surface area contributed by atoms with Crippen LogP contribution in [0.3, 0.4) is 0 Å². The molecule has 110 valence electrons. The summed E-state index contributed by atoms with van der Waals surface area (Å²) in [5.74, 6) is -0.216. The second-order valence-electron chi connectivity index (χ2n) is 5.43. The minimum atomic E-state index is -0.216. The lowest BCUT2D eigenvalue weighted by Crippen LogP contribution is -1.85. The van der Waals surface area contributed by atoms with E-state index in [-0.39, 0.29) is 5.82 Å². The average molecular weight is 310 g/mol. The number of aromatic amines is 1. The molecule has 0 fully saturated rings. The Labute approximate surface area is 131 Å². The molecule has 0 unspecified atom stereocenters. The van der Waals surface area contributed by atoms with E-state index in [0.29, 0.717) is 0 Å². The predicted octanol–water partition coefficient (Wildman–Crippen LogP) is 5.45. The number of nitrogens with zero attached hydrogens (tertiary/aromatic N) is 1. The Balaban J connectivity index is 2.06. The molecule has 0 atom stereocenters. The third-order valence-corrected chi connectivity index (χ3v) is 5.25. The van der Waals surface area contributed by atoms with Crippen molar-refractivity contribution in [2.75, 3.05) is 0 Å². The van der Waals surface area contributed by atoms with Gasteiger partial charge in [0.2, 0.25) is 0 Å². The van der Waals surface area contributed by atoms with Crippen molar-refractivity contribution in [3.05, 3.63) is 52.1 Å². The van der Waals surface area contributed by atoms with E-state index >= 15 is 0 Å². The van der Waals surface area contributed by atoms with Crippen LogP contribution in [-0.4, -0.2) is 9.97 Å². The molecule has 0 saturated carbocycles. The van der Waals surface area contributed by atoms with Gasteiger partial charge in [-0.15, -0.1) is 11.3 Å². The van der Waals surface area contributed by atoms with Gasteiger partial charge in [-0.1, -0.05) is 6.92 Å². The Morgan fingerprint density at radius 2 is 2.05 bits per heavy atom. The number of benzene rings is 1. The van der Waals surface area contributed by atoms with Gasteiger partial charge in [0, 0.05) is 37.8 Å². The second kappa shape index (κ2) is 4.92. The molecular weight excluding hydrogens is 295 g/mol. The number of aromatic nitrogens is 2. The first kappa shape index (κ1) is 13.5. The fourth-order valence-corrected chi connectivity index (χ4v) is 3.93. The fourth-order valence-electron chi connectivity index (χ4n) is 2.95. The molecule has 1 aromatic carbocycles. The number of hydrogen-bond donors (Lipinski definition) is 1. The molecule has 4 aromatic rings. The highest BCUT2D eigenvalue weighted by Crippen LogP contribution is 2.36. The summed E-state index contributed by atoms with van der Waals surface area (Å²) in [4.78, 5) is 10.6. The van der Waals surface area contributed by atoms with Crippen LogP contribution in [0.15, 0.2) is 36.5 Å². The monoisotopic (exact) mass is 310 g/mol. The van der Waals surface area contributed by atoms with Gasteiger partial charge < -0.3 is 4.98 Å². The number of nitrogens with one attached hydrogen (secondary N) is 1. The zero-order valence-corrected chi connectivity index (χ0v) is 13.2. The minimum Gasteiger partial charge on any atom is -0.353 e. The van der Waals surface area contributed by atoms with Gasteiger partial charge in [0.15, 0.2) is 0 Å². The normalized spacial score (nSPS) is 11.6. The van der Waals surface area contributed by atoms with Gasteiger partial charge >= 0.3 is 0 Å². The van der Waals surface area contributed by atoms with Crippen LogP contribution in [0.4, 0.5) is 4.39 Å². The highest BCUT2D eigenvalue weighted by molar-refractivity contribution is 7.12. The average Bonchev–Trinajstić information content (AvgIpc) is 3.07. The van der Waals surface area contributed by atoms with Crippen LogP contribution >= 0.6 is 11.3 Å². The Kier molecular flexibility index (Phi) is 3.01. The molecule has 1 N–H and O–H groups in total. The summed E-state index contributed by atoms with van der Waals surface area (Å²) in [6, 6.07) is 9.01. The van der Waals surface area contributed by atoms with Crippen molar-refractivity contribution in [2.24, 2.45) is 0 Å². The van der Waals surface area contributed by atoms with E-state index in [1.165, 1.54) is 21.4 Å². The van der Waals surface area contributed by atoms with Crippen molar-refractivity contribution in [1.82, 2.24) is 9.97 Å². The number of thiophene rings is 1. The molecule has 2 nitrogen and oxygen atoms in total. The molecule has 3 aromatic heterocycles. The van der Waals surface area contributed by atoms with Gasteiger partial charge in [-0.2, -0.15) is 0 Å². The number of halogens is 1. The van der Waals surface area contributed by atoms with Crippen molar-refractivity contribution in [1.29, 1.82) is 0 Å². The number of hydrogen-bond acceptors (Lipinski definition) is 2. The number of fused-ring (bicyclic) bond motifs is 3. The van der Waals surface area contributed by atoms with Crippen LogP contribution in [0, 0.1) is 12.7 Å². The number of H-pyrrole nitrogens is 1. The van der Waals surface area contributed by atoms with E-state index in [2.05, 4.69) is 29.9 Å². The Bertz CT molecular complexity index is 997. The highest BCUT2D eigenvalue weighted by atomic mass is 32.1. The zero-order chi connectivity index (χ0) is 15.3. The summed E-state index contributed by atoms with van der Waals surface area (Å²) >= 11 is 1.81. The smallest absolute Gasteiger partial charge is 0.123 e. The maximum atomic E-state index is 13.6. The maximum Gasteiger partial charge on any atom is 0.123 e. The van der Waals surface area contributed by atoms with Gasteiger partial charge in [-0.25, -0.2) is 4.39 Å². The van der Waals surface area contributed by atoms with E-state index in [9.17, 15) is 4.39 Å². The maximum absolute atomic E-state index is 13.6. The van der Waals surface area contributed by atoms with Gasteiger partial charge in [-0.05, 0) is 43.7 Å². The summed E-state index contributed by atoms with van der Waals surface area (Å²) in [7, 11) is 0. The Morgan fingerprint density at radius 3 is 2.82 bits per heavy atom. The lowest BCUT2D eigenvalue weighted by molar-refractivity contribution is 0.630. The number of rotatable bonds is 2. The van der Waals surface area contributed by atoms with Crippen LogP contribution in [0.5, 0.6) is 0 Å². The molecular formula is C18H15FN2S. The summed E-state index contributed by atoms with van der Waals surface area (Å²) in [6.45, 7) is 4.29. The lowest BCUT2D eigenvalue weighted by Gasteiger charge is -2.01. The third kappa shape index (κ3) is 1.95. The first-order chi connectivity index (χ1) is 10.7. The molecule has 4 rings (SSSR count). The SMILES string of the molecule is CCc1cc(-c2nccc3c2[nH]c2ccc(F)cc23)c(C)s1. The molecule has 4 heteroatoms. The van der Waals surface area contributed by atoms with Crippen LogP contribution in [0.25, 0.3) is 33.1 Å². The molecule has 0 aliphatic carbocycles. The standard InChI is InChI=1S/C18H15FN2S/c1-3-12-9-14(10(2)22-12)17-18-13(6-7-20-17)15-8-11(19)4-5-16(15)21-18/h4-9,21H,3H2,1-2H3. The Hall–Kier alpha value is -2.20. The van der Waals surface area contributed by atoms with Crippen molar-refractivity contribution < 1.29 is 4.39 Å². The second-order valence-corrected chi connectivity index (χ2v) is 6.77. The molecule has 0 bridgehead atoms. The zero-order valence-electron chi connectivity index (χ0n) is 12.4. The van der Waals surface area contributed by atoms with Crippen molar-refractivity contribution in [2.45, 2.75) is 20.3 Å². The molecule has 0 spiro atoms. The van der Waals surface area contributed by atoms with Crippen LogP contribution in [0.2, 0.25) is 0 Å². The van der Waals surface area contributed by atoms with E-state index in [0.717, 1.165) is 33.9 Å². The first-order valence-electron chi connectivity index (χ1n) is 7.33. The predicted molar refractivity (Wildman–Crippen MR) is 91.0 cm³/mol. The first-order valence-corrected chi connectivity index (χ1v) is 8.14. The van der Waals surface area contributed by atoms with Crippen LogP contribution in [-0.2, 0) is 6.42 Å². The molecule has 3 heterocycles. The minimum absolute atomic E-state index is 0.216. The van der Waals surface area contributed by atoms with Gasteiger partial charge in [0.05, 0.1) is 11.2 Å². The topological polar surface area (TPSA) is 28.7 Å². The van der Waals surface area contributed by atoms with Crippen LogP contribution < -0.4 is 0 Å². The van der Waals surface area contributed by atoms with E-state index in [1.54, 1.807) is 18.3 Å². The Morgan fingerprint density at radius 1 is 1.18 bits per heavy atom. The quantitative estimate of drug-likeness (QED) is 0.523. The molecule has 0 amide bonds. The fraction of sp³-hybridized carbons (Fsp3) is 0.167. The van der Waals surface area contributed by atoms with E-state index in [1.807, 2.05) is 17.4 Å². The number of aryl methyl sites for hydroxylation is 2. The third-order valence-electron chi connectivity index (χ3n) is 4.05. The van der Waals surface area contributed by atoms with Crippen LogP contribution in [0.1, 0.15) is 16.7 Å².